The van der Waals surface area contributed by atoms with Gasteiger partial charge in [0.05, 0.1) is 20.1 Å². The van der Waals surface area contributed by atoms with E-state index in [0.717, 1.165) is 21.5 Å². The normalized spacial score (nSPS) is 11.2. The summed E-state index contributed by atoms with van der Waals surface area (Å²) in [6.07, 6.45) is 3.26. The lowest BCUT2D eigenvalue weighted by atomic mass is 10.2. The van der Waals surface area contributed by atoms with Crippen LogP contribution in [0.1, 0.15) is 5.56 Å². The monoisotopic (exact) mass is 476 g/mol. The molecular formula is C18H14Br2N4O2. The number of phenols is 1. The second-order valence-corrected chi connectivity index (χ2v) is 7.16. The molecule has 3 rings (SSSR count). The summed E-state index contributed by atoms with van der Waals surface area (Å²) < 4.78 is 1.06. The van der Waals surface area contributed by atoms with E-state index in [9.17, 15) is 9.90 Å². The molecule has 2 aromatic carbocycles. The lowest BCUT2D eigenvalue weighted by molar-refractivity contribution is -0.117. The van der Waals surface area contributed by atoms with Gasteiger partial charge in [-0.3, -0.25) is 14.8 Å². The Labute approximate surface area is 166 Å². The molecule has 0 aliphatic heterocycles. The highest BCUT2D eigenvalue weighted by Crippen LogP contribution is 2.32. The molecule has 0 radical (unpaired) electrons. The van der Waals surface area contributed by atoms with Crippen molar-refractivity contribution in [2.24, 2.45) is 10.8 Å². The average Bonchev–Trinajstić information content (AvgIpc) is 2.65. The van der Waals surface area contributed by atoms with Crippen LogP contribution in [0, 0.1) is 0 Å². The molecule has 0 atom stereocenters. The van der Waals surface area contributed by atoms with E-state index >= 15 is 0 Å². The van der Waals surface area contributed by atoms with Crippen LogP contribution in [0.4, 0.5) is 5.69 Å². The number of nitrogens with two attached hydrogens (primary N) is 1. The van der Waals surface area contributed by atoms with E-state index in [1.165, 1.54) is 0 Å². The van der Waals surface area contributed by atoms with Gasteiger partial charge in [-0.2, -0.15) is 0 Å². The van der Waals surface area contributed by atoms with E-state index in [4.69, 9.17) is 5.84 Å². The molecule has 3 N–H and O–H groups in total. The number of aromatic nitrogens is 1. The Morgan fingerprint density at radius 3 is 2.69 bits per heavy atom. The zero-order chi connectivity index (χ0) is 18.7. The van der Waals surface area contributed by atoms with Gasteiger partial charge in [0.25, 0.3) is 5.91 Å². The fourth-order valence-electron chi connectivity index (χ4n) is 2.32. The minimum atomic E-state index is -0.346. The molecule has 0 spiro atoms. The van der Waals surface area contributed by atoms with Crippen molar-refractivity contribution in [1.82, 2.24) is 4.98 Å². The maximum atomic E-state index is 12.3. The number of anilines is 1. The number of amides is 1. The predicted octanol–water partition coefficient (Wildman–Crippen LogP) is 3.79. The van der Waals surface area contributed by atoms with Crippen LogP contribution in [0.3, 0.4) is 0 Å². The molecular weight excluding hydrogens is 464 g/mol. The van der Waals surface area contributed by atoms with Crippen LogP contribution in [-0.2, 0) is 4.79 Å². The summed E-state index contributed by atoms with van der Waals surface area (Å²) in [5.41, 5.74) is 2.13. The SMILES string of the molecule is NN(C(=O)CN=Cc1cc(Br)c(O)c(Br)c1)c1ccc2ncccc2c1. The summed E-state index contributed by atoms with van der Waals surface area (Å²) in [4.78, 5) is 20.6. The van der Waals surface area contributed by atoms with Crippen LogP contribution in [0.2, 0.25) is 0 Å². The van der Waals surface area contributed by atoms with E-state index in [0.29, 0.717) is 14.6 Å². The number of hydrazine groups is 1. The molecule has 0 aliphatic carbocycles. The molecule has 132 valence electrons. The maximum absolute atomic E-state index is 12.3. The third-order valence-corrected chi connectivity index (χ3v) is 4.85. The summed E-state index contributed by atoms with van der Waals surface area (Å²) in [7, 11) is 0. The minimum Gasteiger partial charge on any atom is -0.506 e. The molecule has 0 aliphatic rings. The van der Waals surface area contributed by atoms with E-state index in [-0.39, 0.29) is 18.2 Å². The van der Waals surface area contributed by atoms with Gasteiger partial charge in [-0.15, -0.1) is 0 Å². The molecule has 0 saturated heterocycles. The first kappa shape index (κ1) is 18.5. The summed E-state index contributed by atoms with van der Waals surface area (Å²) in [6.45, 7) is -0.0995. The topological polar surface area (TPSA) is 91.8 Å². The number of halogens is 2. The van der Waals surface area contributed by atoms with E-state index in [1.54, 1.807) is 36.7 Å². The maximum Gasteiger partial charge on any atom is 0.262 e. The van der Waals surface area contributed by atoms with Crippen molar-refractivity contribution in [2.75, 3.05) is 11.6 Å². The van der Waals surface area contributed by atoms with Crippen LogP contribution in [-0.4, -0.2) is 28.8 Å². The van der Waals surface area contributed by atoms with Crippen LogP contribution < -0.4 is 10.9 Å². The number of hydrogen-bond donors (Lipinski definition) is 2. The Balaban J connectivity index is 1.70. The number of rotatable bonds is 4. The first-order valence-electron chi connectivity index (χ1n) is 7.56. The van der Waals surface area contributed by atoms with Crippen molar-refractivity contribution in [3.8, 4) is 5.75 Å². The molecule has 8 heteroatoms. The van der Waals surface area contributed by atoms with Gasteiger partial charge in [-0.25, -0.2) is 10.9 Å². The molecule has 3 aromatic rings. The van der Waals surface area contributed by atoms with Crippen LogP contribution >= 0.6 is 31.9 Å². The van der Waals surface area contributed by atoms with E-state index < -0.39 is 0 Å². The smallest absolute Gasteiger partial charge is 0.262 e. The molecule has 1 aromatic heterocycles. The first-order chi connectivity index (χ1) is 12.5. The number of aliphatic imine (C=N–C) groups is 1. The van der Waals surface area contributed by atoms with Crippen LogP contribution in [0.5, 0.6) is 5.75 Å². The Morgan fingerprint density at radius 1 is 1.23 bits per heavy atom. The number of pyridine rings is 1. The molecule has 1 heterocycles. The zero-order valence-electron chi connectivity index (χ0n) is 13.4. The quantitative estimate of drug-likeness (QED) is 0.259. The van der Waals surface area contributed by atoms with Crippen molar-refractivity contribution in [3.63, 3.8) is 0 Å². The fourth-order valence-corrected chi connectivity index (χ4v) is 3.54. The molecule has 0 saturated carbocycles. The van der Waals surface area contributed by atoms with Crippen molar-refractivity contribution in [2.45, 2.75) is 0 Å². The highest BCUT2D eigenvalue weighted by Gasteiger charge is 2.11. The summed E-state index contributed by atoms with van der Waals surface area (Å²) >= 11 is 6.50. The molecule has 0 bridgehead atoms. The third kappa shape index (κ3) is 4.09. The number of carbonyl (C=O) groups excluding carboxylic acids is 1. The predicted molar refractivity (Wildman–Crippen MR) is 109 cm³/mol. The first-order valence-corrected chi connectivity index (χ1v) is 9.14. The lowest BCUT2D eigenvalue weighted by Gasteiger charge is -2.16. The van der Waals surface area contributed by atoms with Gasteiger partial charge in [0.1, 0.15) is 12.3 Å². The van der Waals surface area contributed by atoms with Gasteiger partial charge < -0.3 is 5.11 Å². The van der Waals surface area contributed by atoms with Gasteiger partial charge in [0.15, 0.2) is 0 Å². The number of fused-ring (bicyclic) bond motifs is 1. The molecule has 0 fully saturated rings. The largest absolute Gasteiger partial charge is 0.506 e. The Morgan fingerprint density at radius 2 is 1.96 bits per heavy atom. The number of aromatic hydroxyl groups is 1. The molecule has 1 amide bonds. The molecule has 6 nitrogen and oxygen atoms in total. The number of phenolic OH excluding ortho intramolecular Hbond substituents is 1. The number of hydrogen-bond acceptors (Lipinski definition) is 5. The highest BCUT2D eigenvalue weighted by molar-refractivity contribution is 9.11. The minimum absolute atomic E-state index is 0.0995. The van der Waals surface area contributed by atoms with Gasteiger partial charge in [0, 0.05) is 17.8 Å². The van der Waals surface area contributed by atoms with Crippen molar-refractivity contribution >= 4 is 60.6 Å². The van der Waals surface area contributed by atoms with E-state index in [2.05, 4.69) is 41.8 Å². The van der Waals surface area contributed by atoms with Gasteiger partial charge in [-0.05, 0) is 73.8 Å². The van der Waals surface area contributed by atoms with E-state index in [1.807, 2.05) is 18.2 Å². The fraction of sp³-hybridized carbons (Fsp3) is 0.0556. The Kier molecular flexibility index (Phi) is 5.65. The van der Waals surface area contributed by atoms with Gasteiger partial charge in [0.2, 0.25) is 0 Å². The van der Waals surface area contributed by atoms with Gasteiger partial charge in [-0.1, -0.05) is 6.07 Å². The number of benzene rings is 2. The average molecular weight is 478 g/mol. The van der Waals surface area contributed by atoms with Crippen LogP contribution in [0.25, 0.3) is 10.9 Å². The second-order valence-electron chi connectivity index (χ2n) is 5.45. The molecule has 0 unspecified atom stereocenters. The lowest BCUT2D eigenvalue weighted by Crippen LogP contribution is -2.39. The second kappa shape index (κ2) is 7.94. The summed E-state index contributed by atoms with van der Waals surface area (Å²) in [6, 6.07) is 12.5. The highest BCUT2D eigenvalue weighted by atomic mass is 79.9. The summed E-state index contributed by atoms with van der Waals surface area (Å²) in [5.74, 6) is 5.68. The Bertz CT molecular complexity index is 984. The van der Waals surface area contributed by atoms with Crippen molar-refractivity contribution in [3.05, 3.63) is 63.2 Å². The number of carbonyl (C=O) groups is 1. The van der Waals surface area contributed by atoms with Crippen molar-refractivity contribution in [1.29, 1.82) is 0 Å². The van der Waals surface area contributed by atoms with Crippen LogP contribution in [0.15, 0.2) is 62.6 Å². The standard InChI is InChI=1S/C18H14Br2N4O2/c19-14-6-11(7-15(20)18(14)26)9-22-10-17(25)24(21)13-3-4-16-12(8-13)2-1-5-23-16/h1-9,26H,10,21H2. The molecule has 26 heavy (non-hydrogen) atoms. The Hall–Kier alpha value is -2.29. The van der Waals surface area contributed by atoms with Gasteiger partial charge >= 0.3 is 0 Å². The summed E-state index contributed by atoms with van der Waals surface area (Å²) in [5, 5.41) is 11.7. The van der Waals surface area contributed by atoms with Crippen molar-refractivity contribution < 1.29 is 9.90 Å². The zero-order valence-corrected chi connectivity index (χ0v) is 16.6. The third-order valence-electron chi connectivity index (χ3n) is 3.64. The number of nitrogens with zero attached hydrogens (tertiary/aromatic N) is 3.